The predicted octanol–water partition coefficient (Wildman–Crippen LogP) is -2.43. The molecule has 0 aliphatic heterocycles. The molecule has 214 valence electrons. The van der Waals surface area contributed by atoms with Crippen molar-refractivity contribution in [3.8, 4) is 0 Å². The number of aliphatic carboxylic acids is 5. The minimum atomic E-state index is -1.58. The molecule has 0 saturated carbocycles. The molecule has 0 aromatic heterocycles. The lowest BCUT2D eigenvalue weighted by Crippen LogP contribution is -2.45. The largest absolute Gasteiger partial charge is 0.481 e. The topological polar surface area (TPSA) is 286 Å². The summed E-state index contributed by atoms with van der Waals surface area (Å²) < 4.78 is 0. The molecule has 3 amide bonds. The van der Waals surface area contributed by atoms with E-state index in [4.69, 9.17) is 15.3 Å². The molecule has 0 fully saturated rings. The lowest BCUT2D eigenvalue weighted by atomic mass is 10.1. The van der Waals surface area contributed by atoms with Gasteiger partial charge < -0.3 is 46.8 Å². The molecule has 0 heterocycles. The van der Waals surface area contributed by atoms with Gasteiger partial charge in [-0.15, -0.1) is 0 Å². The summed E-state index contributed by atoms with van der Waals surface area (Å²) in [4.78, 5) is 91.7. The van der Waals surface area contributed by atoms with E-state index in [0.717, 1.165) is 0 Å². The number of likely N-dealkylation sites (N-methyl/N-ethyl adjacent to an activating group) is 1. The van der Waals surface area contributed by atoms with Crippen LogP contribution >= 0.6 is 0 Å². The molecular weight excluding hydrogens is 516 g/mol. The maximum Gasteiger partial charge on any atom is 0.326 e. The normalized spacial score (nSPS) is 13.7. The predicted molar refractivity (Wildman–Crippen MR) is 124 cm³/mol. The third-order valence-electron chi connectivity index (χ3n) is 5.17. The maximum atomic E-state index is 12.2. The van der Waals surface area contributed by atoms with Crippen molar-refractivity contribution in [3.63, 3.8) is 0 Å². The van der Waals surface area contributed by atoms with Crippen LogP contribution in [0.4, 0.5) is 0 Å². The number of carboxylic acid groups (broad SMARTS) is 5. The van der Waals surface area contributed by atoms with Crippen LogP contribution in [-0.4, -0.2) is 104 Å². The van der Waals surface area contributed by atoms with E-state index in [9.17, 15) is 48.6 Å². The van der Waals surface area contributed by atoms with Crippen LogP contribution in [0.2, 0.25) is 0 Å². The number of carboxylic acids is 5. The minimum absolute atomic E-state index is 0.120. The first-order valence-electron chi connectivity index (χ1n) is 11.4. The van der Waals surface area contributed by atoms with Gasteiger partial charge in [0.15, 0.2) is 0 Å². The summed E-state index contributed by atoms with van der Waals surface area (Å²) in [6.45, 7) is 0. The van der Waals surface area contributed by atoms with Crippen molar-refractivity contribution < 1.29 is 63.9 Å². The second-order valence-electron chi connectivity index (χ2n) is 8.10. The number of hydrogen-bond donors (Lipinski definition) is 9. The van der Waals surface area contributed by atoms with Crippen LogP contribution in [0.15, 0.2) is 0 Å². The Bertz CT molecular complexity index is 908. The molecule has 0 aliphatic carbocycles. The van der Waals surface area contributed by atoms with E-state index in [-0.39, 0.29) is 12.8 Å². The fraction of sp³-hybridized carbons (Fsp3) is 0.619. The van der Waals surface area contributed by atoms with E-state index in [2.05, 4.69) is 21.3 Å². The average molecular weight is 549 g/mol. The van der Waals surface area contributed by atoms with Crippen LogP contribution < -0.4 is 21.3 Å². The maximum absolute atomic E-state index is 12.2. The lowest BCUT2D eigenvalue weighted by molar-refractivity contribution is -0.144. The highest BCUT2D eigenvalue weighted by Crippen LogP contribution is 2.05. The van der Waals surface area contributed by atoms with E-state index < -0.39 is 110 Å². The highest BCUT2D eigenvalue weighted by Gasteiger charge is 2.26. The molecule has 0 aliphatic rings. The van der Waals surface area contributed by atoms with Crippen molar-refractivity contribution in [3.05, 3.63) is 0 Å². The van der Waals surface area contributed by atoms with Gasteiger partial charge in [0.1, 0.15) is 24.2 Å². The number of hydrogen-bond acceptors (Lipinski definition) is 9. The van der Waals surface area contributed by atoms with Gasteiger partial charge in [0.25, 0.3) is 0 Å². The summed E-state index contributed by atoms with van der Waals surface area (Å²) in [6.07, 6.45) is -3.26. The summed E-state index contributed by atoms with van der Waals surface area (Å²) >= 11 is 0. The molecule has 0 aromatic carbocycles. The third-order valence-corrected chi connectivity index (χ3v) is 5.17. The standard InChI is InChI=1S/C21H32N4O13/c1-22-10(18(31)32)2-6-14(26)23-11(19(33)34)3-7-15(27)24-12(20(35)36)4-8-16(28)25-13(21(37)38)5-9-17(29)30/h10-13,22H,2-9H2,1H3,(H,23,26)(H,24,27)(H,25,28)(H,29,30)(H,31,32)(H,33,34)(H,35,36)(H,37,38)/t10-,11-,12-,13-/m0/s1. The average Bonchev–Trinajstić information content (AvgIpc) is 2.81. The molecular formula is C21H32N4O13. The van der Waals surface area contributed by atoms with Gasteiger partial charge in [-0.2, -0.15) is 0 Å². The summed E-state index contributed by atoms with van der Waals surface area (Å²) in [5.41, 5.74) is 0. The summed E-state index contributed by atoms with van der Waals surface area (Å²) in [7, 11) is 1.38. The van der Waals surface area contributed by atoms with Crippen LogP contribution in [0.1, 0.15) is 51.4 Å². The van der Waals surface area contributed by atoms with Gasteiger partial charge in [0.05, 0.1) is 0 Å². The van der Waals surface area contributed by atoms with Crippen LogP contribution in [0, 0.1) is 0 Å². The molecule has 0 spiro atoms. The van der Waals surface area contributed by atoms with Gasteiger partial charge in [-0.05, 0) is 32.7 Å². The highest BCUT2D eigenvalue weighted by molar-refractivity contribution is 5.87. The quantitative estimate of drug-likeness (QED) is 0.0765. The first kappa shape index (κ1) is 33.7. The van der Waals surface area contributed by atoms with Crippen LogP contribution in [0.25, 0.3) is 0 Å². The molecule has 9 N–H and O–H groups in total. The van der Waals surface area contributed by atoms with Crippen molar-refractivity contribution in [2.24, 2.45) is 0 Å². The van der Waals surface area contributed by atoms with Crippen LogP contribution in [0.5, 0.6) is 0 Å². The Balaban J connectivity index is 4.81. The summed E-state index contributed by atoms with van der Waals surface area (Å²) in [5, 5.41) is 54.0. The van der Waals surface area contributed by atoms with Gasteiger partial charge in [0.2, 0.25) is 17.7 Å². The Kier molecular flexibility index (Phi) is 15.3. The Morgan fingerprint density at radius 3 is 0.974 bits per heavy atom. The number of carbonyl (C=O) groups excluding carboxylic acids is 3. The molecule has 17 nitrogen and oxygen atoms in total. The molecule has 0 bridgehead atoms. The molecule has 4 atom stereocenters. The van der Waals surface area contributed by atoms with Gasteiger partial charge in [0, 0.05) is 25.7 Å². The number of nitrogens with one attached hydrogen (secondary N) is 4. The van der Waals surface area contributed by atoms with Gasteiger partial charge in [-0.25, -0.2) is 14.4 Å². The number of rotatable bonds is 20. The molecule has 0 radical (unpaired) electrons. The fourth-order valence-corrected chi connectivity index (χ4v) is 3.06. The van der Waals surface area contributed by atoms with E-state index >= 15 is 0 Å². The van der Waals surface area contributed by atoms with Crippen molar-refractivity contribution in [1.82, 2.24) is 21.3 Å². The fourth-order valence-electron chi connectivity index (χ4n) is 3.06. The second-order valence-corrected chi connectivity index (χ2v) is 8.10. The van der Waals surface area contributed by atoms with Gasteiger partial charge >= 0.3 is 29.8 Å². The van der Waals surface area contributed by atoms with E-state index in [1.54, 1.807) is 0 Å². The van der Waals surface area contributed by atoms with E-state index in [0.29, 0.717) is 0 Å². The molecule has 17 heteroatoms. The van der Waals surface area contributed by atoms with E-state index in [1.165, 1.54) is 7.05 Å². The van der Waals surface area contributed by atoms with Crippen LogP contribution in [-0.2, 0) is 38.4 Å². The van der Waals surface area contributed by atoms with Crippen molar-refractivity contribution in [2.75, 3.05) is 7.05 Å². The first-order valence-corrected chi connectivity index (χ1v) is 11.4. The summed E-state index contributed by atoms with van der Waals surface area (Å²) in [6, 6.07) is -5.63. The Hall–Kier alpha value is -4.28. The molecule has 38 heavy (non-hydrogen) atoms. The van der Waals surface area contributed by atoms with Crippen molar-refractivity contribution >= 4 is 47.6 Å². The summed E-state index contributed by atoms with van der Waals surface area (Å²) in [5.74, 6) is -9.50. The van der Waals surface area contributed by atoms with E-state index in [1.807, 2.05) is 0 Å². The first-order chi connectivity index (χ1) is 17.7. The molecule has 0 saturated heterocycles. The zero-order valence-electron chi connectivity index (χ0n) is 20.5. The zero-order valence-corrected chi connectivity index (χ0v) is 20.5. The smallest absolute Gasteiger partial charge is 0.326 e. The van der Waals surface area contributed by atoms with Crippen molar-refractivity contribution in [1.29, 1.82) is 0 Å². The SMILES string of the molecule is CN[C@@H](CCC(=O)N[C@@H](CCC(=O)N[C@@H](CCC(=O)N[C@@H](CCC(=O)O)C(=O)O)C(=O)O)C(=O)O)C(=O)O. The third kappa shape index (κ3) is 14.3. The Morgan fingerprint density at radius 1 is 0.474 bits per heavy atom. The zero-order chi connectivity index (χ0) is 29.4. The van der Waals surface area contributed by atoms with Crippen LogP contribution in [0.3, 0.4) is 0 Å². The molecule has 0 rings (SSSR count). The molecule has 0 aromatic rings. The van der Waals surface area contributed by atoms with Gasteiger partial charge in [-0.1, -0.05) is 0 Å². The number of carbonyl (C=O) groups is 8. The lowest BCUT2D eigenvalue weighted by Gasteiger charge is -2.18. The highest BCUT2D eigenvalue weighted by atomic mass is 16.4. The molecule has 0 unspecified atom stereocenters. The second kappa shape index (κ2) is 17.2. The minimum Gasteiger partial charge on any atom is -0.481 e. The number of amides is 3. The Morgan fingerprint density at radius 2 is 0.737 bits per heavy atom. The monoisotopic (exact) mass is 548 g/mol. The van der Waals surface area contributed by atoms with Crippen molar-refractivity contribution in [2.45, 2.75) is 75.5 Å². The Labute approximate surface area is 216 Å². The van der Waals surface area contributed by atoms with Gasteiger partial charge in [-0.3, -0.25) is 24.0 Å².